The molecule has 3 atom stereocenters. The van der Waals surface area contributed by atoms with Gasteiger partial charge in [-0.3, -0.25) is 4.79 Å². The Kier molecular flexibility index (Phi) is 5.17. The van der Waals surface area contributed by atoms with E-state index in [1.165, 1.54) is 45.2 Å². The van der Waals surface area contributed by atoms with E-state index in [1.54, 1.807) is 0 Å². The van der Waals surface area contributed by atoms with Crippen molar-refractivity contribution in [2.45, 2.75) is 69.9 Å². The van der Waals surface area contributed by atoms with Crippen molar-refractivity contribution >= 4 is 5.91 Å². The molecular weight excluding hydrogens is 262 g/mol. The summed E-state index contributed by atoms with van der Waals surface area (Å²) in [6, 6.07) is 0.713. The minimum absolute atomic E-state index is 0.204. The van der Waals surface area contributed by atoms with Gasteiger partial charge in [0, 0.05) is 31.1 Å². The highest BCUT2D eigenvalue weighted by Crippen LogP contribution is 2.29. The summed E-state index contributed by atoms with van der Waals surface area (Å²) >= 11 is 0. The molecule has 1 amide bonds. The summed E-state index contributed by atoms with van der Waals surface area (Å²) in [6.45, 7) is 4.53. The summed E-state index contributed by atoms with van der Waals surface area (Å²) in [6.07, 6.45) is 10.6. The molecule has 0 radical (unpaired) electrons. The molecule has 2 aliphatic heterocycles. The maximum absolute atomic E-state index is 12.8. The average molecular weight is 293 g/mol. The average Bonchev–Trinajstić information content (AvgIpc) is 2.95. The Labute approximate surface area is 129 Å². The number of piperidine rings is 1. The van der Waals surface area contributed by atoms with Gasteiger partial charge in [-0.25, -0.2) is 0 Å². The van der Waals surface area contributed by atoms with Crippen molar-refractivity contribution in [3.05, 3.63) is 0 Å². The zero-order chi connectivity index (χ0) is 14.7. The van der Waals surface area contributed by atoms with Gasteiger partial charge in [-0.2, -0.15) is 0 Å². The SMILES string of the molecule is N[C@@H]1CCC[C@@H](C(=O)N2CCC[C@@H]2CN2CCCCC2)C1. The van der Waals surface area contributed by atoms with E-state index in [0.717, 1.165) is 38.8 Å². The molecule has 0 aromatic carbocycles. The second-order valence-electron chi connectivity index (χ2n) is 7.31. The Morgan fingerprint density at radius 2 is 1.76 bits per heavy atom. The van der Waals surface area contributed by atoms with Crippen LogP contribution < -0.4 is 5.73 Å². The summed E-state index contributed by atoms with van der Waals surface area (Å²) in [5.41, 5.74) is 6.07. The molecule has 21 heavy (non-hydrogen) atoms. The van der Waals surface area contributed by atoms with Crippen LogP contribution in [0, 0.1) is 5.92 Å². The zero-order valence-electron chi connectivity index (χ0n) is 13.3. The lowest BCUT2D eigenvalue weighted by Gasteiger charge is -2.36. The number of nitrogens with two attached hydrogens (primary N) is 1. The monoisotopic (exact) mass is 293 g/mol. The van der Waals surface area contributed by atoms with Crippen LogP contribution in [0.5, 0.6) is 0 Å². The van der Waals surface area contributed by atoms with Crippen molar-refractivity contribution in [2.24, 2.45) is 11.7 Å². The predicted molar refractivity (Wildman–Crippen MR) is 85.0 cm³/mol. The summed E-state index contributed by atoms with van der Waals surface area (Å²) in [4.78, 5) is 17.6. The number of carbonyl (C=O) groups excluding carboxylic acids is 1. The molecule has 3 fully saturated rings. The number of amides is 1. The van der Waals surface area contributed by atoms with E-state index in [4.69, 9.17) is 5.73 Å². The molecule has 2 heterocycles. The third kappa shape index (κ3) is 3.78. The molecule has 120 valence electrons. The van der Waals surface area contributed by atoms with Crippen LogP contribution in [0.15, 0.2) is 0 Å². The van der Waals surface area contributed by atoms with Gasteiger partial charge in [0.15, 0.2) is 0 Å². The van der Waals surface area contributed by atoms with Gasteiger partial charge in [0.25, 0.3) is 0 Å². The number of carbonyl (C=O) groups is 1. The highest BCUT2D eigenvalue weighted by atomic mass is 16.2. The molecular formula is C17H31N3O. The minimum atomic E-state index is 0.204. The number of hydrogen-bond donors (Lipinski definition) is 1. The van der Waals surface area contributed by atoms with E-state index in [1.807, 2.05) is 0 Å². The van der Waals surface area contributed by atoms with Gasteiger partial charge in [-0.1, -0.05) is 12.8 Å². The molecule has 4 nitrogen and oxygen atoms in total. The van der Waals surface area contributed by atoms with Gasteiger partial charge < -0.3 is 15.5 Å². The minimum Gasteiger partial charge on any atom is -0.338 e. The third-order valence-corrected chi connectivity index (χ3v) is 5.64. The Hall–Kier alpha value is -0.610. The molecule has 3 rings (SSSR count). The maximum Gasteiger partial charge on any atom is 0.226 e. The number of likely N-dealkylation sites (tertiary alicyclic amines) is 2. The second kappa shape index (κ2) is 7.10. The fourth-order valence-electron chi connectivity index (χ4n) is 4.44. The fourth-order valence-corrected chi connectivity index (χ4v) is 4.44. The Morgan fingerprint density at radius 1 is 0.952 bits per heavy atom. The number of nitrogens with zero attached hydrogens (tertiary/aromatic N) is 2. The van der Waals surface area contributed by atoms with E-state index >= 15 is 0 Å². The topological polar surface area (TPSA) is 49.6 Å². The molecule has 0 unspecified atom stereocenters. The number of hydrogen-bond acceptors (Lipinski definition) is 3. The second-order valence-corrected chi connectivity index (χ2v) is 7.31. The van der Waals surface area contributed by atoms with Crippen molar-refractivity contribution in [1.82, 2.24) is 9.80 Å². The first-order chi connectivity index (χ1) is 10.2. The molecule has 0 bridgehead atoms. The van der Waals surface area contributed by atoms with Crippen LogP contribution in [0.1, 0.15) is 57.8 Å². The van der Waals surface area contributed by atoms with Crippen LogP contribution in [-0.4, -0.2) is 54.0 Å². The van der Waals surface area contributed by atoms with Crippen molar-refractivity contribution in [2.75, 3.05) is 26.2 Å². The van der Waals surface area contributed by atoms with Crippen LogP contribution in [0.4, 0.5) is 0 Å². The van der Waals surface area contributed by atoms with E-state index in [0.29, 0.717) is 11.9 Å². The molecule has 0 spiro atoms. The van der Waals surface area contributed by atoms with Gasteiger partial charge in [-0.05, 0) is 58.0 Å². The molecule has 4 heteroatoms. The summed E-state index contributed by atoms with van der Waals surface area (Å²) < 4.78 is 0. The smallest absolute Gasteiger partial charge is 0.226 e. The highest BCUT2D eigenvalue weighted by molar-refractivity contribution is 5.79. The molecule has 2 N–H and O–H groups in total. The first-order valence-corrected chi connectivity index (χ1v) is 9.02. The lowest BCUT2D eigenvalue weighted by molar-refractivity contribution is -0.138. The lowest BCUT2D eigenvalue weighted by atomic mass is 9.85. The molecule has 1 aliphatic carbocycles. The van der Waals surface area contributed by atoms with Gasteiger partial charge in [-0.15, -0.1) is 0 Å². The maximum atomic E-state index is 12.8. The number of rotatable bonds is 3. The Morgan fingerprint density at radius 3 is 2.52 bits per heavy atom. The molecule has 2 saturated heterocycles. The molecule has 3 aliphatic rings. The van der Waals surface area contributed by atoms with Crippen LogP contribution in [0.25, 0.3) is 0 Å². The van der Waals surface area contributed by atoms with Crippen LogP contribution in [0.3, 0.4) is 0 Å². The quantitative estimate of drug-likeness (QED) is 0.865. The van der Waals surface area contributed by atoms with Gasteiger partial charge in [0.1, 0.15) is 0 Å². The summed E-state index contributed by atoms with van der Waals surface area (Å²) in [5, 5.41) is 0. The van der Waals surface area contributed by atoms with Gasteiger partial charge >= 0.3 is 0 Å². The fraction of sp³-hybridized carbons (Fsp3) is 0.941. The molecule has 0 aromatic heterocycles. The zero-order valence-corrected chi connectivity index (χ0v) is 13.3. The Bertz CT molecular complexity index is 354. The van der Waals surface area contributed by atoms with E-state index in [-0.39, 0.29) is 12.0 Å². The molecule has 1 saturated carbocycles. The predicted octanol–water partition coefficient (Wildman–Crippen LogP) is 1.98. The first kappa shape index (κ1) is 15.3. The van der Waals surface area contributed by atoms with Crippen molar-refractivity contribution in [1.29, 1.82) is 0 Å². The van der Waals surface area contributed by atoms with Crippen molar-refractivity contribution in [3.63, 3.8) is 0 Å². The molecule has 0 aromatic rings. The normalized spacial score (nSPS) is 35.1. The van der Waals surface area contributed by atoms with Crippen molar-refractivity contribution < 1.29 is 4.79 Å². The third-order valence-electron chi connectivity index (χ3n) is 5.64. The van der Waals surface area contributed by atoms with Gasteiger partial charge in [0.05, 0.1) is 0 Å². The standard InChI is InChI=1S/C17H31N3O/c18-15-7-4-6-14(12-15)17(21)20-11-5-8-16(20)13-19-9-2-1-3-10-19/h14-16H,1-13,18H2/t14-,15-,16-/m1/s1. The summed E-state index contributed by atoms with van der Waals surface area (Å²) in [5.74, 6) is 0.611. The van der Waals surface area contributed by atoms with Gasteiger partial charge in [0.2, 0.25) is 5.91 Å². The Balaban J connectivity index is 1.56. The van der Waals surface area contributed by atoms with Crippen LogP contribution in [0.2, 0.25) is 0 Å². The van der Waals surface area contributed by atoms with E-state index < -0.39 is 0 Å². The summed E-state index contributed by atoms with van der Waals surface area (Å²) in [7, 11) is 0. The largest absolute Gasteiger partial charge is 0.338 e. The van der Waals surface area contributed by atoms with Crippen LogP contribution in [-0.2, 0) is 4.79 Å². The first-order valence-electron chi connectivity index (χ1n) is 9.02. The highest BCUT2D eigenvalue weighted by Gasteiger charge is 2.35. The van der Waals surface area contributed by atoms with Crippen molar-refractivity contribution in [3.8, 4) is 0 Å². The van der Waals surface area contributed by atoms with Crippen LogP contribution >= 0.6 is 0 Å². The van der Waals surface area contributed by atoms with E-state index in [2.05, 4.69) is 9.80 Å². The lowest BCUT2D eigenvalue weighted by Crippen LogP contribution is -2.47. The van der Waals surface area contributed by atoms with E-state index in [9.17, 15) is 4.79 Å².